The van der Waals surface area contributed by atoms with E-state index in [1.54, 1.807) is 0 Å². The highest BCUT2D eigenvalue weighted by atomic mass is 32.1. The van der Waals surface area contributed by atoms with Crippen LogP contribution in [-0.2, 0) is 0 Å². The Morgan fingerprint density at radius 2 is 1.50 bits per heavy atom. The number of H-pyrrole nitrogens is 1. The SMILES string of the molecule is CCNCC.NC(O)=S.NC(O)=S.c1ccc2[nH]ccc2c1. The van der Waals surface area contributed by atoms with Gasteiger partial charge in [0.05, 0.1) is 0 Å². The molecule has 0 fully saturated rings. The summed E-state index contributed by atoms with van der Waals surface area (Å²) in [4.78, 5) is 3.12. The molecule has 0 atom stereocenters. The summed E-state index contributed by atoms with van der Waals surface area (Å²) in [6, 6.07) is 10.3. The second-order valence-electron chi connectivity index (χ2n) is 3.70. The molecule has 22 heavy (non-hydrogen) atoms. The number of aliphatic hydroxyl groups is 2. The lowest BCUT2D eigenvalue weighted by atomic mass is 10.3. The molecule has 8 N–H and O–H groups in total. The number of para-hydroxylation sites is 1. The van der Waals surface area contributed by atoms with E-state index in [0.29, 0.717) is 0 Å². The van der Waals surface area contributed by atoms with Gasteiger partial charge in [0, 0.05) is 11.7 Å². The molecule has 6 nitrogen and oxygen atoms in total. The van der Waals surface area contributed by atoms with Gasteiger partial charge in [0.1, 0.15) is 0 Å². The highest BCUT2D eigenvalue weighted by molar-refractivity contribution is 7.80. The van der Waals surface area contributed by atoms with Gasteiger partial charge in [0.15, 0.2) is 0 Å². The summed E-state index contributed by atoms with van der Waals surface area (Å²) in [7, 11) is 0. The van der Waals surface area contributed by atoms with E-state index in [2.05, 4.69) is 78.3 Å². The summed E-state index contributed by atoms with van der Waals surface area (Å²) in [5, 5.41) is 18.5. The van der Waals surface area contributed by atoms with Gasteiger partial charge in [0.2, 0.25) is 0 Å². The summed E-state index contributed by atoms with van der Waals surface area (Å²) in [5.74, 6) is 0. The molecule has 0 aliphatic carbocycles. The van der Waals surface area contributed by atoms with E-state index >= 15 is 0 Å². The van der Waals surface area contributed by atoms with Crippen LogP contribution in [0.4, 0.5) is 0 Å². The van der Waals surface area contributed by atoms with Crippen LogP contribution in [0.1, 0.15) is 13.8 Å². The molecule has 124 valence electrons. The lowest BCUT2D eigenvalue weighted by molar-refractivity contribution is 0.559. The van der Waals surface area contributed by atoms with Crippen LogP contribution in [0.3, 0.4) is 0 Å². The number of aromatic amines is 1. The van der Waals surface area contributed by atoms with Crippen molar-refractivity contribution < 1.29 is 10.2 Å². The number of rotatable bonds is 2. The van der Waals surface area contributed by atoms with Crippen molar-refractivity contribution in [1.29, 1.82) is 0 Å². The van der Waals surface area contributed by atoms with Crippen molar-refractivity contribution in [3.05, 3.63) is 36.5 Å². The molecule has 0 spiro atoms. The average molecular weight is 345 g/mol. The predicted molar refractivity (Wildman–Crippen MR) is 101 cm³/mol. The maximum absolute atomic E-state index is 7.56. The van der Waals surface area contributed by atoms with Crippen molar-refractivity contribution >= 4 is 45.7 Å². The third-order valence-corrected chi connectivity index (χ3v) is 1.96. The Kier molecular flexibility index (Phi) is 15.8. The van der Waals surface area contributed by atoms with E-state index in [9.17, 15) is 0 Å². The quantitative estimate of drug-likeness (QED) is 0.463. The van der Waals surface area contributed by atoms with Crippen LogP contribution < -0.4 is 16.8 Å². The Balaban J connectivity index is 0. The summed E-state index contributed by atoms with van der Waals surface area (Å²) in [6.07, 6.45) is 1.95. The van der Waals surface area contributed by atoms with Crippen molar-refractivity contribution in [2.24, 2.45) is 11.5 Å². The van der Waals surface area contributed by atoms with E-state index in [4.69, 9.17) is 10.2 Å². The first-order valence-corrected chi connectivity index (χ1v) is 7.36. The molecule has 0 radical (unpaired) electrons. The fourth-order valence-electron chi connectivity index (χ4n) is 1.25. The zero-order valence-electron chi connectivity index (χ0n) is 12.7. The molecule has 2 rings (SSSR count). The van der Waals surface area contributed by atoms with E-state index < -0.39 is 10.3 Å². The number of thiocarbonyl (C=S) groups is 2. The van der Waals surface area contributed by atoms with Crippen LogP contribution >= 0.6 is 24.4 Å². The fraction of sp³-hybridized carbons (Fsp3) is 0.286. The molecule has 8 heteroatoms. The van der Waals surface area contributed by atoms with Crippen LogP contribution in [-0.4, -0.2) is 38.6 Å². The Morgan fingerprint density at radius 1 is 1.05 bits per heavy atom. The molecule has 1 aromatic heterocycles. The van der Waals surface area contributed by atoms with E-state index in [-0.39, 0.29) is 0 Å². The monoisotopic (exact) mass is 344 g/mol. The molecule has 1 aromatic carbocycles. The number of hydrogen-bond acceptors (Lipinski definition) is 3. The molecule has 0 aliphatic rings. The highest BCUT2D eigenvalue weighted by Gasteiger charge is 1.86. The number of nitrogens with two attached hydrogens (primary N) is 2. The topological polar surface area (TPSA) is 120 Å². The second kappa shape index (κ2) is 15.5. The second-order valence-corrected chi connectivity index (χ2v) is 4.54. The van der Waals surface area contributed by atoms with E-state index in [1.807, 2.05) is 18.3 Å². The predicted octanol–water partition coefficient (Wildman–Crippen LogP) is 2.36. The van der Waals surface area contributed by atoms with Crippen LogP contribution in [0.2, 0.25) is 0 Å². The van der Waals surface area contributed by atoms with Crippen molar-refractivity contribution in [3.63, 3.8) is 0 Å². The zero-order valence-corrected chi connectivity index (χ0v) is 14.4. The van der Waals surface area contributed by atoms with Gasteiger partial charge in [0.25, 0.3) is 10.3 Å². The number of hydrogen-bond donors (Lipinski definition) is 6. The van der Waals surface area contributed by atoms with E-state index in [0.717, 1.165) is 13.1 Å². The first-order chi connectivity index (χ1) is 10.3. The third kappa shape index (κ3) is 18.1. The maximum Gasteiger partial charge on any atom is 0.251 e. The molecule has 0 saturated carbocycles. The molecular formula is C14H24N4O2S2. The van der Waals surface area contributed by atoms with Crippen molar-refractivity contribution in [3.8, 4) is 0 Å². The zero-order chi connectivity index (χ0) is 17.4. The smallest absolute Gasteiger partial charge is 0.251 e. The summed E-state index contributed by atoms with van der Waals surface area (Å²) in [6.45, 7) is 6.39. The van der Waals surface area contributed by atoms with Crippen molar-refractivity contribution in [2.45, 2.75) is 13.8 Å². The number of fused-ring (bicyclic) bond motifs is 1. The van der Waals surface area contributed by atoms with Gasteiger partial charge in [-0.15, -0.1) is 0 Å². The third-order valence-electron chi connectivity index (χ3n) is 1.96. The van der Waals surface area contributed by atoms with Crippen molar-refractivity contribution in [1.82, 2.24) is 10.3 Å². The molecule has 0 amide bonds. The van der Waals surface area contributed by atoms with Crippen LogP contribution in [0.15, 0.2) is 36.5 Å². The molecule has 1 heterocycles. The normalized spacial score (nSPS) is 8.27. The van der Waals surface area contributed by atoms with Crippen molar-refractivity contribution in [2.75, 3.05) is 13.1 Å². The summed E-state index contributed by atoms with van der Waals surface area (Å²) >= 11 is 7.74. The standard InChI is InChI=1S/C8H7N.C4H11N.2CH3NOS/c1-2-4-8-7(3-1)5-6-9-8;1-3-5-4-2;2*2-1(3)4/h1-6,9H;5H,3-4H2,1-2H3;2*(H3,2,3,4). The van der Waals surface area contributed by atoms with Gasteiger partial charge < -0.3 is 32.0 Å². The van der Waals surface area contributed by atoms with Gasteiger partial charge in [-0.3, -0.25) is 0 Å². The van der Waals surface area contributed by atoms with Gasteiger partial charge in [-0.25, -0.2) is 0 Å². The Hall–Kier alpha value is -1.90. The minimum absolute atomic E-state index is 0.500. The molecule has 0 bridgehead atoms. The molecule has 0 saturated heterocycles. The van der Waals surface area contributed by atoms with Crippen LogP contribution in [0.5, 0.6) is 0 Å². The lowest BCUT2D eigenvalue weighted by Crippen LogP contribution is -2.09. The van der Waals surface area contributed by atoms with E-state index in [1.165, 1.54) is 10.9 Å². The minimum atomic E-state index is -0.500. The first-order valence-electron chi connectivity index (χ1n) is 6.54. The first kappa shape index (κ1) is 22.4. The minimum Gasteiger partial charge on any atom is -0.487 e. The largest absolute Gasteiger partial charge is 0.487 e. The Morgan fingerprint density at radius 3 is 1.86 bits per heavy atom. The molecule has 2 aromatic rings. The Bertz CT molecular complexity index is 480. The lowest BCUT2D eigenvalue weighted by Gasteiger charge is -1.86. The summed E-state index contributed by atoms with van der Waals surface area (Å²) in [5.41, 5.74) is 10.0. The molecule has 0 unspecified atom stereocenters. The number of nitrogens with one attached hydrogen (secondary N) is 2. The molecular weight excluding hydrogens is 320 g/mol. The van der Waals surface area contributed by atoms with Gasteiger partial charge in [-0.1, -0.05) is 32.0 Å². The molecule has 0 aliphatic heterocycles. The Labute approximate surface area is 141 Å². The van der Waals surface area contributed by atoms with Gasteiger partial charge >= 0.3 is 0 Å². The van der Waals surface area contributed by atoms with Gasteiger partial charge in [-0.05, 0) is 55.0 Å². The van der Waals surface area contributed by atoms with Gasteiger partial charge in [-0.2, -0.15) is 0 Å². The van der Waals surface area contributed by atoms with Crippen LogP contribution in [0.25, 0.3) is 10.9 Å². The number of aromatic nitrogens is 1. The fourth-order valence-corrected chi connectivity index (χ4v) is 1.25. The maximum atomic E-state index is 7.56. The van der Waals surface area contributed by atoms with Crippen LogP contribution in [0, 0.1) is 0 Å². The number of aliphatic hydroxyl groups excluding tert-OH is 2. The average Bonchev–Trinajstić information content (AvgIpc) is 2.87. The summed E-state index contributed by atoms with van der Waals surface area (Å²) < 4.78 is 0. The number of benzene rings is 1. The highest BCUT2D eigenvalue weighted by Crippen LogP contribution is 2.09.